The molecule has 1 fully saturated rings. The minimum absolute atomic E-state index is 0.00209. The zero-order valence-electron chi connectivity index (χ0n) is 15.1. The number of alkyl halides is 1. The van der Waals surface area contributed by atoms with E-state index < -0.39 is 28.5 Å². The summed E-state index contributed by atoms with van der Waals surface area (Å²) in [4.78, 5) is 4.49. The molecule has 1 aromatic carbocycles. The number of rotatable bonds is 5. The molecule has 26 heavy (non-hydrogen) atoms. The van der Waals surface area contributed by atoms with Crippen molar-refractivity contribution in [3.05, 3.63) is 29.6 Å². The van der Waals surface area contributed by atoms with Crippen LogP contribution in [0, 0.1) is 22.6 Å². The van der Waals surface area contributed by atoms with Crippen LogP contribution in [0.5, 0.6) is 0 Å². The van der Waals surface area contributed by atoms with Crippen LogP contribution in [-0.2, 0) is 10.3 Å². The van der Waals surface area contributed by atoms with Gasteiger partial charge in [0.25, 0.3) is 0 Å². The highest BCUT2D eigenvalue weighted by Gasteiger charge is 2.49. The molecule has 0 aromatic heterocycles. The molecule has 8 heteroatoms. The third-order valence-corrected chi connectivity index (χ3v) is 5.40. The van der Waals surface area contributed by atoms with Crippen LogP contribution in [0.1, 0.15) is 32.8 Å². The van der Waals surface area contributed by atoms with Gasteiger partial charge in [-0.3, -0.25) is 4.99 Å². The molecule has 0 spiro atoms. The molecule has 2 rings (SSSR count). The van der Waals surface area contributed by atoms with Gasteiger partial charge in [-0.1, -0.05) is 0 Å². The van der Waals surface area contributed by atoms with Crippen molar-refractivity contribution in [1.29, 1.82) is 5.26 Å². The molecule has 0 amide bonds. The summed E-state index contributed by atoms with van der Waals surface area (Å²) in [5.74, 6) is -0.410. The number of hydrogen-bond acceptors (Lipinski definition) is 5. The number of amidine groups is 1. The molecular formula is C18H24F2N4OS. The average molecular weight is 382 g/mol. The normalized spacial score (nSPS) is 26.3. The van der Waals surface area contributed by atoms with Crippen LogP contribution in [-0.4, -0.2) is 30.0 Å². The number of hydrogen-bond donors (Lipinski definition) is 3. The molecule has 1 unspecified atom stereocenters. The van der Waals surface area contributed by atoms with E-state index in [0.29, 0.717) is 5.69 Å². The van der Waals surface area contributed by atoms with Gasteiger partial charge in [0.2, 0.25) is 0 Å². The van der Waals surface area contributed by atoms with Crippen LogP contribution in [0.2, 0.25) is 0 Å². The molecule has 1 heterocycles. The molecule has 142 valence electrons. The molecule has 5 nitrogen and oxygen atoms in total. The highest BCUT2D eigenvalue weighted by Crippen LogP contribution is 2.44. The standard InChI is InChI=1S/C18H24F2N4OS/c1-16(2,20)14-7-18(9-25-14,12-6-11(22)4-5-13(12)19)24-15(23)17(3,8-21)10-26/h4-6,14,26H,7,9-10,22H2,1-3H3,(H2,23,24)/t14-,17?,18+/m0/s1. The number of thiol groups is 1. The van der Waals surface area contributed by atoms with Gasteiger partial charge in [-0.25, -0.2) is 8.78 Å². The number of benzene rings is 1. The highest BCUT2D eigenvalue weighted by atomic mass is 32.1. The molecule has 1 aliphatic heterocycles. The number of halogens is 2. The minimum atomic E-state index is -1.65. The molecule has 1 saturated heterocycles. The molecule has 0 bridgehead atoms. The van der Waals surface area contributed by atoms with Crippen LogP contribution >= 0.6 is 12.6 Å². The number of nitrogens with two attached hydrogens (primary N) is 2. The van der Waals surface area contributed by atoms with Crippen molar-refractivity contribution in [3.63, 3.8) is 0 Å². The van der Waals surface area contributed by atoms with Gasteiger partial charge in [0, 0.05) is 23.4 Å². The van der Waals surface area contributed by atoms with Crippen molar-refractivity contribution in [3.8, 4) is 6.07 Å². The van der Waals surface area contributed by atoms with Crippen molar-refractivity contribution in [2.24, 2.45) is 16.1 Å². The van der Waals surface area contributed by atoms with E-state index in [1.807, 2.05) is 0 Å². The third-order valence-electron chi connectivity index (χ3n) is 4.77. The number of nitrogen functional groups attached to an aromatic ring is 1. The number of nitrogens with zero attached hydrogens (tertiary/aromatic N) is 2. The lowest BCUT2D eigenvalue weighted by atomic mass is 9.83. The molecule has 1 aliphatic rings. The lowest BCUT2D eigenvalue weighted by Crippen LogP contribution is -2.40. The zero-order chi connectivity index (χ0) is 19.8. The zero-order valence-corrected chi connectivity index (χ0v) is 16.0. The summed E-state index contributed by atoms with van der Waals surface area (Å²) >= 11 is 4.16. The Morgan fingerprint density at radius 3 is 2.65 bits per heavy atom. The first-order chi connectivity index (χ1) is 12.0. The summed E-state index contributed by atoms with van der Waals surface area (Å²) in [6.45, 7) is 4.31. The van der Waals surface area contributed by atoms with Gasteiger partial charge in [0.15, 0.2) is 0 Å². The Morgan fingerprint density at radius 2 is 2.15 bits per heavy atom. The van der Waals surface area contributed by atoms with Gasteiger partial charge in [-0.15, -0.1) is 0 Å². The van der Waals surface area contributed by atoms with Crippen molar-refractivity contribution in [1.82, 2.24) is 0 Å². The van der Waals surface area contributed by atoms with Crippen LogP contribution < -0.4 is 11.5 Å². The molecule has 0 saturated carbocycles. The second-order valence-electron chi connectivity index (χ2n) is 7.44. The smallest absolute Gasteiger partial charge is 0.131 e. The predicted molar refractivity (Wildman–Crippen MR) is 101 cm³/mol. The van der Waals surface area contributed by atoms with E-state index in [1.54, 1.807) is 6.92 Å². The largest absolute Gasteiger partial charge is 0.399 e. The molecule has 4 N–H and O–H groups in total. The number of nitriles is 1. The van der Waals surface area contributed by atoms with Crippen molar-refractivity contribution < 1.29 is 13.5 Å². The molecular weight excluding hydrogens is 358 g/mol. The van der Waals surface area contributed by atoms with Crippen molar-refractivity contribution in [2.75, 3.05) is 18.1 Å². The molecule has 3 atom stereocenters. The quantitative estimate of drug-likeness (QED) is 0.316. The van der Waals surface area contributed by atoms with Crippen molar-refractivity contribution in [2.45, 2.75) is 44.5 Å². The average Bonchev–Trinajstić information content (AvgIpc) is 3.01. The van der Waals surface area contributed by atoms with Gasteiger partial charge in [-0.2, -0.15) is 17.9 Å². The van der Waals surface area contributed by atoms with E-state index in [9.17, 15) is 14.0 Å². The Morgan fingerprint density at radius 1 is 1.50 bits per heavy atom. The lowest BCUT2D eigenvalue weighted by molar-refractivity contribution is -0.00598. The maximum absolute atomic E-state index is 14.6. The van der Waals surface area contributed by atoms with Gasteiger partial charge >= 0.3 is 0 Å². The monoisotopic (exact) mass is 382 g/mol. The summed E-state index contributed by atoms with van der Waals surface area (Å²) in [6, 6.07) is 6.18. The third kappa shape index (κ3) is 3.79. The Labute approximate surface area is 157 Å². The summed E-state index contributed by atoms with van der Waals surface area (Å²) < 4.78 is 34.7. The van der Waals surface area contributed by atoms with Crippen molar-refractivity contribution >= 4 is 24.2 Å². The fraction of sp³-hybridized carbons (Fsp3) is 0.556. The predicted octanol–water partition coefficient (Wildman–Crippen LogP) is 2.96. The Bertz CT molecular complexity index is 759. The van der Waals surface area contributed by atoms with Gasteiger partial charge in [0.1, 0.15) is 28.3 Å². The Balaban J connectivity index is 2.62. The summed E-state index contributed by atoms with van der Waals surface area (Å²) in [5.41, 5.74) is 8.37. The number of ether oxygens (including phenoxy) is 1. The molecule has 0 aliphatic carbocycles. The topological polar surface area (TPSA) is 97.4 Å². The molecule has 1 aromatic rings. The van der Waals surface area contributed by atoms with E-state index in [1.165, 1.54) is 32.0 Å². The fourth-order valence-corrected chi connectivity index (χ4v) is 3.09. The highest BCUT2D eigenvalue weighted by molar-refractivity contribution is 7.80. The van der Waals surface area contributed by atoms with Crippen LogP contribution in [0.15, 0.2) is 23.2 Å². The second-order valence-corrected chi connectivity index (χ2v) is 7.75. The van der Waals surface area contributed by atoms with Gasteiger partial charge in [0.05, 0.1) is 18.8 Å². The minimum Gasteiger partial charge on any atom is -0.399 e. The van der Waals surface area contributed by atoms with Crippen LogP contribution in [0.3, 0.4) is 0 Å². The van der Waals surface area contributed by atoms with E-state index in [4.69, 9.17) is 16.2 Å². The van der Waals surface area contributed by atoms with E-state index in [-0.39, 0.29) is 30.2 Å². The summed E-state index contributed by atoms with van der Waals surface area (Å²) in [7, 11) is 0. The first-order valence-corrected chi connectivity index (χ1v) is 8.84. The van der Waals surface area contributed by atoms with E-state index in [0.717, 1.165) is 0 Å². The maximum Gasteiger partial charge on any atom is 0.131 e. The summed E-state index contributed by atoms with van der Waals surface area (Å²) in [6.07, 6.45) is -0.727. The Kier molecular flexibility index (Phi) is 5.54. The van der Waals surface area contributed by atoms with E-state index in [2.05, 4.69) is 23.7 Å². The van der Waals surface area contributed by atoms with E-state index >= 15 is 0 Å². The number of aliphatic imine (C=N–C) groups is 1. The second kappa shape index (κ2) is 7.05. The van der Waals surface area contributed by atoms with Crippen LogP contribution in [0.4, 0.5) is 14.5 Å². The molecule has 0 radical (unpaired) electrons. The Hall–Kier alpha value is -1.85. The lowest BCUT2D eigenvalue weighted by Gasteiger charge is -2.29. The number of anilines is 1. The summed E-state index contributed by atoms with van der Waals surface area (Å²) in [5, 5.41) is 9.42. The fourth-order valence-electron chi connectivity index (χ4n) is 2.86. The van der Waals surface area contributed by atoms with Gasteiger partial charge < -0.3 is 16.2 Å². The SMILES string of the molecule is CC(C#N)(CS)/C(N)=N\[C@@]1(c2cc(N)ccc2F)CO[C@H](C(C)(C)F)C1. The first kappa shape index (κ1) is 20.5. The maximum atomic E-state index is 14.6. The first-order valence-electron chi connectivity index (χ1n) is 8.21. The van der Waals surface area contributed by atoms with Crippen LogP contribution in [0.25, 0.3) is 0 Å². The van der Waals surface area contributed by atoms with Gasteiger partial charge in [-0.05, 0) is 39.0 Å².